The van der Waals surface area contributed by atoms with Crippen LogP contribution in [0.25, 0.3) is 0 Å². The zero-order chi connectivity index (χ0) is 9.52. The Morgan fingerprint density at radius 2 is 1.85 bits per heavy atom. The Hall–Kier alpha value is -0.340. The third-order valence-corrected chi connectivity index (χ3v) is 3.48. The predicted molar refractivity (Wildman–Crippen MR) is 65.1 cm³/mol. The molecule has 0 saturated heterocycles. The summed E-state index contributed by atoms with van der Waals surface area (Å²) < 4.78 is 0. The van der Waals surface area contributed by atoms with Crippen molar-refractivity contribution in [1.29, 1.82) is 0 Å². The van der Waals surface area contributed by atoms with Crippen molar-refractivity contribution in [2.45, 2.75) is 13.8 Å². The van der Waals surface area contributed by atoms with E-state index in [9.17, 15) is 0 Å². The van der Waals surface area contributed by atoms with E-state index in [1.54, 1.807) is 0 Å². The molecule has 1 aromatic carbocycles. The van der Waals surface area contributed by atoms with Crippen LogP contribution in [0.4, 0.5) is 0 Å². The molecule has 0 unspecified atom stereocenters. The lowest BCUT2D eigenvalue weighted by atomic mass is 10.2. The van der Waals surface area contributed by atoms with Gasteiger partial charge in [0.2, 0.25) is 0 Å². The first-order chi connectivity index (χ1) is 6.29. The molecular weight excluding hydrogens is 196 g/mol. The minimum absolute atomic E-state index is 1.20. The molecule has 70 valence electrons. The fourth-order valence-corrected chi connectivity index (χ4v) is 2.57. The van der Waals surface area contributed by atoms with Crippen molar-refractivity contribution < 1.29 is 0 Å². The second-order valence-corrected chi connectivity index (χ2v) is 5.23. The lowest BCUT2D eigenvalue weighted by molar-refractivity contribution is 1.39. The zero-order valence-corrected chi connectivity index (χ0v) is 9.62. The number of benzene rings is 1. The van der Waals surface area contributed by atoms with E-state index in [1.807, 2.05) is 21.6 Å². The third-order valence-electron chi connectivity index (χ3n) is 1.56. The SMILES string of the molecule is C1=CSSC1.Cc1cccc(C)c1. The highest BCUT2D eigenvalue weighted by Crippen LogP contribution is 2.27. The van der Waals surface area contributed by atoms with Crippen LogP contribution in [0, 0.1) is 13.8 Å². The van der Waals surface area contributed by atoms with E-state index in [1.165, 1.54) is 16.9 Å². The first kappa shape index (κ1) is 10.7. The summed E-state index contributed by atoms with van der Waals surface area (Å²) in [7, 11) is 3.69. The van der Waals surface area contributed by atoms with Gasteiger partial charge in [0, 0.05) is 5.75 Å². The molecule has 0 atom stereocenters. The van der Waals surface area contributed by atoms with E-state index in [-0.39, 0.29) is 0 Å². The van der Waals surface area contributed by atoms with Gasteiger partial charge in [-0.15, -0.1) is 0 Å². The smallest absolute Gasteiger partial charge is 0.0229 e. The Morgan fingerprint density at radius 1 is 1.15 bits per heavy atom. The van der Waals surface area contributed by atoms with Crippen molar-refractivity contribution in [2.75, 3.05) is 5.75 Å². The molecule has 0 bridgehead atoms. The predicted octanol–water partition coefficient (Wildman–Crippen LogP) is 4.20. The molecule has 1 aliphatic heterocycles. The standard InChI is InChI=1S/C8H10.C3H4S2/c1-7-4-3-5-8(2)6-7;1-2-4-5-3-1/h3-6H,1-2H3;1-2H,3H2. The average molecular weight is 210 g/mol. The maximum atomic E-state index is 2.17. The van der Waals surface area contributed by atoms with Crippen LogP contribution in [0.15, 0.2) is 35.7 Å². The third kappa shape index (κ3) is 5.06. The molecule has 0 nitrogen and oxygen atoms in total. The Labute approximate surface area is 88.2 Å². The van der Waals surface area contributed by atoms with Gasteiger partial charge in [-0.1, -0.05) is 63.1 Å². The maximum absolute atomic E-state index is 2.17. The Bertz CT molecular complexity index is 256. The zero-order valence-electron chi connectivity index (χ0n) is 7.99. The Kier molecular flexibility index (Phi) is 5.09. The van der Waals surface area contributed by atoms with Gasteiger partial charge in [0.1, 0.15) is 0 Å². The van der Waals surface area contributed by atoms with E-state index in [2.05, 4.69) is 49.6 Å². The minimum Gasteiger partial charge on any atom is -0.0854 e. The molecule has 2 heteroatoms. The summed E-state index contributed by atoms with van der Waals surface area (Å²) in [5.74, 6) is 1.20. The topological polar surface area (TPSA) is 0 Å². The van der Waals surface area contributed by atoms with Crippen molar-refractivity contribution in [3.05, 3.63) is 46.9 Å². The normalized spacial score (nSPS) is 13.7. The van der Waals surface area contributed by atoms with Gasteiger partial charge in [0.15, 0.2) is 0 Å². The molecule has 0 radical (unpaired) electrons. The van der Waals surface area contributed by atoms with E-state index in [0.29, 0.717) is 0 Å². The summed E-state index contributed by atoms with van der Waals surface area (Å²) in [6.45, 7) is 4.21. The molecule has 1 aromatic rings. The van der Waals surface area contributed by atoms with Crippen molar-refractivity contribution in [3.63, 3.8) is 0 Å². The number of hydrogen-bond acceptors (Lipinski definition) is 2. The van der Waals surface area contributed by atoms with Gasteiger partial charge in [-0.05, 0) is 19.3 Å². The van der Waals surface area contributed by atoms with Gasteiger partial charge in [-0.25, -0.2) is 0 Å². The van der Waals surface area contributed by atoms with E-state index < -0.39 is 0 Å². The summed E-state index contributed by atoms with van der Waals surface area (Å²) in [5.41, 5.74) is 2.68. The number of aryl methyl sites for hydroxylation is 2. The molecule has 0 saturated carbocycles. The highest BCUT2D eigenvalue weighted by atomic mass is 33.1. The molecule has 1 aliphatic rings. The van der Waals surface area contributed by atoms with Crippen LogP contribution < -0.4 is 0 Å². The fraction of sp³-hybridized carbons (Fsp3) is 0.273. The number of rotatable bonds is 0. The van der Waals surface area contributed by atoms with Crippen LogP contribution >= 0.6 is 21.6 Å². The molecule has 1 heterocycles. The minimum atomic E-state index is 1.20. The van der Waals surface area contributed by atoms with Crippen LogP contribution in [-0.2, 0) is 0 Å². The monoisotopic (exact) mass is 210 g/mol. The highest BCUT2D eigenvalue weighted by molar-refractivity contribution is 8.78. The molecule has 13 heavy (non-hydrogen) atoms. The second kappa shape index (κ2) is 6.17. The van der Waals surface area contributed by atoms with E-state index in [0.717, 1.165) is 0 Å². The van der Waals surface area contributed by atoms with Gasteiger partial charge in [-0.2, -0.15) is 0 Å². The molecule has 0 spiro atoms. The average Bonchev–Trinajstić information content (AvgIpc) is 2.59. The molecule has 0 amide bonds. The Morgan fingerprint density at radius 3 is 2.08 bits per heavy atom. The highest BCUT2D eigenvalue weighted by Gasteiger charge is 1.86. The molecule has 0 aliphatic carbocycles. The summed E-state index contributed by atoms with van der Waals surface area (Å²) in [5, 5.41) is 2.12. The molecule has 0 fully saturated rings. The summed E-state index contributed by atoms with van der Waals surface area (Å²) >= 11 is 0. The van der Waals surface area contributed by atoms with Gasteiger partial charge in [0.05, 0.1) is 0 Å². The van der Waals surface area contributed by atoms with Crippen LogP contribution in [0.3, 0.4) is 0 Å². The van der Waals surface area contributed by atoms with Crippen molar-refractivity contribution in [2.24, 2.45) is 0 Å². The van der Waals surface area contributed by atoms with Gasteiger partial charge in [0.25, 0.3) is 0 Å². The van der Waals surface area contributed by atoms with Crippen molar-refractivity contribution in [1.82, 2.24) is 0 Å². The van der Waals surface area contributed by atoms with Crippen LogP contribution in [0.1, 0.15) is 11.1 Å². The lowest BCUT2D eigenvalue weighted by Gasteiger charge is -1.90. The quantitative estimate of drug-likeness (QED) is 0.589. The van der Waals surface area contributed by atoms with Crippen LogP contribution in [0.2, 0.25) is 0 Å². The van der Waals surface area contributed by atoms with Gasteiger partial charge < -0.3 is 0 Å². The first-order valence-corrected chi connectivity index (χ1v) is 6.64. The molecule has 0 N–H and O–H groups in total. The molecule has 0 aromatic heterocycles. The first-order valence-electron chi connectivity index (χ1n) is 4.25. The summed E-state index contributed by atoms with van der Waals surface area (Å²) in [4.78, 5) is 0. The van der Waals surface area contributed by atoms with E-state index >= 15 is 0 Å². The van der Waals surface area contributed by atoms with Crippen molar-refractivity contribution >= 4 is 21.6 Å². The number of hydrogen-bond donors (Lipinski definition) is 0. The van der Waals surface area contributed by atoms with Crippen LogP contribution in [-0.4, -0.2) is 5.75 Å². The summed E-state index contributed by atoms with van der Waals surface area (Å²) in [6.07, 6.45) is 2.16. The van der Waals surface area contributed by atoms with Gasteiger partial charge in [-0.3, -0.25) is 0 Å². The van der Waals surface area contributed by atoms with Crippen molar-refractivity contribution in [3.8, 4) is 0 Å². The van der Waals surface area contributed by atoms with E-state index in [4.69, 9.17) is 0 Å². The van der Waals surface area contributed by atoms with Gasteiger partial charge >= 0.3 is 0 Å². The Balaban J connectivity index is 0.000000145. The molecule has 2 rings (SSSR count). The fourth-order valence-electron chi connectivity index (χ4n) is 1.00. The second-order valence-electron chi connectivity index (χ2n) is 2.91. The van der Waals surface area contributed by atoms with Crippen LogP contribution in [0.5, 0.6) is 0 Å². The lowest BCUT2D eigenvalue weighted by Crippen LogP contribution is -1.71. The maximum Gasteiger partial charge on any atom is 0.0229 e. The largest absolute Gasteiger partial charge is 0.0854 e. The summed E-state index contributed by atoms with van der Waals surface area (Å²) in [6, 6.07) is 8.45. The molecular formula is C11H14S2.